The first-order chi connectivity index (χ1) is 16.0. The molecule has 0 bridgehead atoms. The number of nitrogens with zero attached hydrogens (tertiary/aromatic N) is 7. The molecule has 3 aromatic heterocycles. The number of amides is 1. The number of fused-ring (bicyclic) bond motifs is 1. The maximum absolute atomic E-state index is 11.5. The average Bonchev–Trinajstić information content (AvgIpc) is 3.26. The quantitative estimate of drug-likeness (QED) is 0.303. The van der Waals surface area contributed by atoms with E-state index in [1.165, 1.54) is 12.4 Å². The van der Waals surface area contributed by atoms with Crippen molar-refractivity contribution in [3.05, 3.63) is 41.3 Å². The molecule has 0 radical (unpaired) electrons. The number of allylic oxidation sites excluding steroid dienone is 1. The van der Waals surface area contributed by atoms with Crippen LogP contribution in [-0.4, -0.2) is 77.7 Å². The molecule has 0 aliphatic carbocycles. The van der Waals surface area contributed by atoms with Gasteiger partial charge in [0.15, 0.2) is 11.6 Å². The number of aliphatic imine (C=N–C) groups is 1. The molecule has 11 nitrogen and oxygen atoms in total. The van der Waals surface area contributed by atoms with Gasteiger partial charge in [-0.25, -0.2) is 25.4 Å². The Hall–Kier alpha value is -3.48. The van der Waals surface area contributed by atoms with Crippen LogP contribution >= 0.6 is 11.3 Å². The molecule has 4 rings (SSSR count). The zero-order valence-electron chi connectivity index (χ0n) is 18.4. The normalized spacial score (nSPS) is 14.1. The molecule has 1 aliphatic rings. The number of hydrogen-bond donors (Lipinski definition) is 2. The molecule has 3 aromatic rings. The highest BCUT2D eigenvalue weighted by molar-refractivity contribution is 7.19. The highest BCUT2D eigenvalue weighted by atomic mass is 32.1. The van der Waals surface area contributed by atoms with Gasteiger partial charge in [0.05, 0.1) is 35.5 Å². The highest BCUT2D eigenvalue weighted by Crippen LogP contribution is 2.34. The van der Waals surface area contributed by atoms with Gasteiger partial charge in [0.1, 0.15) is 0 Å². The lowest BCUT2D eigenvalue weighted by Gasteiger charge is -2.28. The van der Waals surface area contributed by atoms with Crippen LogP contribution in [0.5, 0.6) is 0 Å². The first-order valence-corrected chi connectivity index (χ1v) is 11.0. The summed E-state index contributed by atoms with van der Waals surface area (Å²) in [6.45, 7) is 7.41. The van der Waals surface area contributed by atoms with E-state index in [0.29, 0.717) is 37.1 Å². The van der Waals surface area contributed by atoms with Crippen LogP contribution in [0.25, 0.3) is 15.8 Å². The molecule has 0 unspecified atom stereocenters. The summed E-state index contributed by atoms with van der Waals surface area (Å²) in [6.07, 6.45) is 4.39. The molecule has 1 aliphatic heterocycles. The van der Waals surface area contributed by atoms with Crippen molar-refractivity contribution in [2.75, 3.05) is 50.2 Å². The number of thiophene rings is 1. The Morgan fingerprint density at radius 1 is 1.36 bits per heavy atom. The van der Waals surface area contributed by atoms with Crippen molar-refractivity contribution < 1.29 is 14.7 Å². The van der Waals surface area contributed by atoms with Crippen LogP contribution in [0.1, 0.15) is 21.1 Å². The molecule has 33 heavy (non-hydrogen) atoms. The van der Waals surface area contributed by atoms with Gasteiger partial charge in [0, 0.05) is 56.2 Å². The van der Waals surface area contributed by atoms with Crippen LogP contribution in [0.15, 0.2) is 30.0 Å². The standard InChI is InChI=1S/C21H24N8O3S/c1-13(9-22-2)18-25-16-8-15(33-17(16)19(26-18)29-4-6-32-7-5-29)12-28(3)21-23-10-14(11-24-21)20(30)27-31/h8-11,31H,1,4-7,12H2,2-3H3,(H,27,30). The predicted octanol–water partition coefficient (Wildman–Crippen LogP) is 1.79. The molecule has 1 amide bonds. The number of carbonyl (C=O) groups is 1. The predicted molar refractivity (Wildman–Crippen MR) is 127 cm³/mol. The number of morpholine rings is 1. The Bertz CT molecular complexity index is 1190. The minimum absolute atomic E-state index is 0.172. The summed E-state index contributed by atoms with van der Waals surface area (Å²) in [5.41, 5.74) is 3.23. The first-order valence-electron chi connectivity index (χ1n) is 10.2. The second kappa shape index (κ2) is 9.98. The lowest BCUT2D eigenvalue weighted by atomic mass is 10.2. The van der Waals surface area contributed by atoms with Crippen molar-refractivity contribution in [3.8, 4) is 0 Å². The molecule has 1 saturated heterocycles. The smallest absolute Gasteiger partial charge is 0.277 e. The van der Waals surface area contributed by atoms with E-state index < -0.39 is 5.91 Å². The third-order valence-electron chi connectivity index (χ3n) is 5.02. The lowest BCUT2D eigenvalue weighted by Crippen LogP contribution is -2.37. The second-order valence-electron chi connectivity index (χ2n) is 7.38. The van der Waals surface area contributed by atoms with Gasteiger partial charge in [-0.05, 0) is 6.07 Å². The number of carbonyl (C=O) groups excluding carboxylic acids is 1. The molecule has 12 heteroatoms. The van der Waals surface area contributed by atoms with Crippen LogP contribution < -0.4 is 15.3 Å². The van der Waals surface area contributed by atoms with Crippen LogP contribution in [0.2, 0.25) is 0 Å². The Morgan fingerprint density at radius 3 is 2.76 bits per heavy atom. The Kier molecular flexibility index (Phi) is 6.87. The molecular weight excluding hydrogens is 444 g/mol. The van der Waals surface area contributed by atoms with Gasteiger partial charge in [0.2, 0.25) is 5.95 Å². The Morgan fingerprint density at radius 2 is 2.09 bits per heavy atom. The van der Waals surface area contributed by atoms with Crippen molar-refractivity contribution in [1.29, 1.82) is 0 Å². The summed E-state index contributed by atoms with van der Waals surface area (Å²) >= 11 is 1.62. The summed E-state index contributed by atoms with van der Waals surface area (Å²) in [5, 5.41) is 8.73. The van der Waals surface area contributed by atoms with Crippen molar-refractivity contribution in [2.24, 2.45) is 4.99 Å². The Labute approximate surface area is 194 Å². The minimum atomic E-state index is -0.659. The summed E-state index contributed by atoms with van der Waals surface area (Å²) < 4.78 is 6.51. The fraction of sp³-hybridized carbons (Fsp3) is 0.333. The zero-order valence-corrected chi connectivity index (χ0v) is 19.2. The van der Waals surface area contributed by atoms with Gasteiger partial charge in [-0.1, -0.05) is 6.58 Å². The van der Waals surface area contributed by atoms with E-state index in [0.717, 1.165) is 34.0 Å². The SMILES string of the molecule is C=C(C=NC)c1nc(N2CCOCC2)c2sc(CN(C)c3ncc(C(=O)NO)cn3)cc2n1. The third-order valence-corrected chi connectivity index (χ3v) is 6.13. The topological polar surface area (TPSA) is 129 Å². The fourth-order valence-electron chi connectivity index (χ4n) is 3.39. The van der Waals surface area contributed by atoms with E-state index in [1.54, 1.807) is 30.1 Å². The monoisotopic (exact) mass is 468 g/mol. The van der Waals surface area contributed by atoms with Crippen LogP contribution in [0, 0.1) is 0 Å². The van der Waals surface area contributed by atoms with Crippen molar-refractivity contribution in [1.82, 2.24) is 25.4 Å². The molecule has 4 heterocycles. The highest BCUT2D eigenvalue weighted by Gasteiger charge is 2.21. The Balaban J connectivity index is 1.64. The molecule has 0 atom stereocenters. The van der Waals surface area contributed by atoms with Crippen LogP contribution in [0.4, 0.5) is 11.8 Å². The van der Waals surface area contributed by atoms with E-state index >= 15 is 0 Å². The number of hydroxylamine groups is 1. The lowest BCUT2D eigenvalue weighted by molar-refractivity contribution is 0.0705. The summed E-state index contributed by atoms with van der Waals surface area (Å²) in [4.78, 5) is 38.6. The number of aromatic nitrogens is 4. The van der Waals surface area contributed by atoms with Crippen molar-refractivity contribution in [2.45, 2.75) is 6.54 Å². The minimum Gasteiger partial charge on any atom is -0.378 e. The first kappa shape index (κ1) is 22.7. The van der Waals surface area contributed by atoms with Crippen LogP contribution in [-0.2, 0) is 11.3 Å². The molecule has 2 N–H and O–H groups in total. The maximum atomic E-state index is 11.5. The fourth-order valence-corrected chi connectivity index (χ4v) is 4.56. The van der Waals surface area contributed by atoms with Crippen molar-refractivity contribution >= 4 is 51.0 Å². The number of rotatable bonds is 7. The largest absolute Gasteiger partial charge is 0.378 e. The van der Waals surface area contributed by atoms with Gasteiger partial charge >= 0.3 is 0 Å². The molecule has 0 saturated carbocycles. The van der Waals surface area contributed by atoms with E-state index in [2.05, 4.69) is 26.4 Å². The number of hydrogen-bond acceptors (Lipinski definition) is 11. The number of anilines is 2. The van der Waals surface area contributed by atoms with Crippen LogP contribution in [0.3, 0.4) is 0 Å². The summed E-state index contributed by atoms with van der Waals surface area (Å²) in [6, 6.07) is 2.04. The van der Waals surface area contributed by atoms with Gasteiger partial charge < -0.3 is 14.5 Å². The van der Waals surface area contributed by atoms with E-state index in [9.17, 15) is 4.79 Å². The molecule has 172 valence electrons. The molecular formula is C21H24N8O3S. The molecule has 1 fully saturated rings. The second-order valence-corrected chi connectivity index (χ2v) is 8.52. The van der Waals surface area contributed by atoms with E-state index in [1.807, 2.05) is 18.0 Å². The average molecular weight is 469 g/mol. The number of ether oxygens (including phenoxy) is 1. The molecule has 0 spiro atoms. The van der Waals surface area contributed by atoms with Crippen molar-refractivity contribution in [3.63, 3.8) is 0 Å². The third kappa shape index (κ3) is 4.97. The number of nitrogens with one attached hydrogen (secondary N) is 1. The molecule has 0 aromatic carbocycles. The zero-order chi connectivity index (χ0) is 23.4. The van der Waals surface area contributed by atoms with E-state index in [-0.39, 0.29) is 5.56 Å². The van der Waals surface area contributed by atoms with E-state index in [4.69, 9.17) is 19.9 Å². The van der Waals surface area contributed by atoms with Gasteiger partial charge in [-0.15, -0.1) is 11.3 Å². The summed E-state index contributed by atoms with van der Waals surface area (Å²) in [5.74, 6) is 1.22. The summed E-state index contributed by atoms with van der Waals surface area (Å²) in [7, 11) is 3.56. The maximum Gasteiger partial charge on any atom is 0.277 e. The van der Waals surface area contributed by atoms with Gasteiger partial charge in [-0.2, -0.15) is 0 Å². The van der Waals surface area contributed by atoms with Gasteiger partial charge in [-0.3, -0.25) is 15.0 Å². The van der Waals surface area contributed by atoms with Gasteiger partial charge in [0.25, 0.3) is 5.91 Å².